The zero-order valence-corrected chi connectivity index (χ0v) is 15.5. The van der Waals surface area contributed by atoms with Crippen molar-refractivity contribution in [3.63, 3.8) is 0 Å². The maximum absolute atomic E-state index is 13.5. The Hall–Kier alpha value is -2.69. The fourth-order valence-corrected chi connectivity index (χ4v) is 4.02. The van der Waals surface area contributed by atoms with Gasteiger partial charge in [0.05, 0.1) is 5.92 Å². The number of anilines is 1. The third-order valence-electron chi connectivity index (χ3n) is 5.48. The molecular formula is C22H23FN2O2. The molecule has 0 spiro atoms. The summed E-state index contributed by atoms with van der Waals surface area (Å²) in [6.07, 6.45) is 1.84. The molecule has 0 bridgehead atoms. The number of nitrogens with zero attached hydrogens (tertiary/aromatic N) is 2. The molecule has 1 atom stereocenters. The molecule has 2 aliphatic rings. The monoisotopic (exact) mass is 366 g/mol. The summed E-state index contributed by atoms with van der Waals surface area (Å²) >= 11 is 0. The fraction of sp³-hybridized carbons (Fsp3) is 0.364. The molecule has 2 amide bonds. The minimum atomic E-state index is -0.334. The summed E-state index contributed by atoms with van der Waals surface area (Å²) in [6, 6.07) is 12.7. The van der Waals surface area contributed by atoms with Crippen molar-refractivity contribution in [3.8, 4) is 0 Å². The molecule has 2 aromatic carbocycles. The van der Waals surface area contributed by atoms with Gasteiger partial charge in [-0.05, 0) is 49.1 Å². The van der Waals surface area contributed by atoms with Gasteiger partial charge in [0.15, 0.2) is 0 Å². The molecule has 1 unspecified atom stereocenters. The molecule has 4 nitrogen and oxygen atoms in total. The molecule has 2 aromatic rings. The third kappa shape index (κ3) is 3.59. The number of amides is 2. The smallest absolute Gasteiger partial charge is 0.232 e. The maximum Gasteiger partial charge on any atom is 0.232 e. The molecule has 2 aliphatic heterocycles. The lowest BCUT2D eigenvalue weighted by molar-refractivity contribution is -0.128. The van der Waals surface area contributed by atoms with Gasteiger partial charge in [-0.15, -0.1) is 0 Å². The Morgan fingerprint density at radius 3 is 2.74 bits per heavy atom. The average Bonchev–Trinajstić information content (AvgIpc) is 3.03. The van der Waals surface area contributed by atoms with E-state index in [1.807, 2.05) is 31.2 Å². The van der Waals surface area contributed by atoms with Crippen molar-refractivity contribution >= 4 is 17.5 Å². The molecule has 140 valence electrons. The van der Waals surface area contributed by atoms with Crippen LogP contribution in [0.3, 0.4) is 0 Å². The van der Waals surface area contributed by atoms with Crippen LogP contribution in [0.4, 0.5) is 10.1 Å². The van der Waals surface area contributed by atoms with E-state index in [2.05, 4.69) is 0 Å². The zero-order chi connectivity index (χ0) is 19.0. The van der Waals surface area contributed by atoms with Gasteiger partial charge in [0.2, 0.25) is 11.8 Å². The van der Waals surface area contributed by atoms with E-state index in [1.54, 1.807) is 15.9 Å². The van der Waals surface area contributed by atoms with Crippen LogP contribution in [0.1, 0.15) is 29.5 Å². The first kappa shape index (κ1) is 17.7. The number of benzene rings is 2. The SMILES string of the molecule is Cc1ccc(CN2CC(C(=O)N3CCCc4cc(F)ccc43)CC2=O)cc1. The van der Waals surface area contributed by atoms with Crippen LogP contribution in [-0.2, 0) is 22.6 Å². The molecule has 0 N–H and O–H groups in total. The van der Waals surface area contributed by atoms with Crippen molar-refractivity contribution in [2.24, 2.45) is 5.92 Å². The number of aryl methyl sites for hydroxylation is 2. The summed E-state index contributed by atoms with van der Waals surface area (Å²) in [5.74, 6) is -0.616. The van der Waals surface area contributed by atoms with E-state index >= 15 is 0 Å². The van der Waals surface area contributed by atoms with Gasteiger partial charge in [0, 0.05) is 31.7 Å². The van der Waals surface area contributed by atoms with Crippen LogP contribution < -0.4 is 4.90 Å². The lowest BCUT2D eigenvalue weighted by atomic mass is 9.99. The summed E-state index contributed by atoms with van der Waals surface area (Å²) < 4.78 is 13.5. The van der Waals surface area contributed by atoms with Gasteiger partial charge in [-0.2, -0.15) is 0 Å². The van der Waals surface area contributed by atoms with E-state index in [1.165, 1.54) is 17.7 Å². The van der Waals surface area contributed by atoms with Crippen LogP contribution in [0.2, 0.25) is 0 Å². The van der Waals surface area contributed by atoms with Crippen molar-refractivity contribution in [2.45, 2.75) is 32.7 Å². The minimum absolute atomic E-state index is 0.0188. The summed E-state index contributed by atoms with van der Waals surface area (Å²) in [5, 5.41) is 0. The van der Waals surface area contributed by atoms with Gasteiger partial charge in [-0.25, -0.2) is 4.39 Å². The van der Waals surface area contributed by atoms with Crippen LogP contribution in [0.5, 0.6) is 0 Å². The number of rotatable bonds is 3. The highest BCUT2D eigenvalue weighted by Crippen LogP contribution is 2.31. The van der Waals surface area contributed by atoms with Crippen molar-refractivity contribution in [2.75, 3.05) is 18.0 Å². The zero-order valence-electron chi connectivity index (χ0n) is 15.5. The number of carbonyl (C=O) groups excluding carboxylic acids is 2. The van der Waals surface area contributed by atoms with Gasteiger partial charge < -0.3 is 9.80 Å². The average molecular weight is 366 g/mol. The van der Waals surface area contributed by atoms with Gasteiger partial charge in [-0.3, -0.25) is 9.59 Å². The van der Waals surface area contributed by atoms with E-state index in [4.69, 9.17) is 0 Å². The molecular weight excluding hydrogens is 343 g/mol. The first-order valence-electron chi connectivity index (χ1n) is 9.44. The van der Waals surface area contributed by atoms with Crippen molar-refractivity contribution in [3.05, 3.63) is 65.0 Å². The second-order valence-electron chi connectivity index (χ2n) is 7.53. The van der Waals surface area contributed by atoms with Crippen LogP contribution in [0, 0.1) is 18.7 Å². The Kier molecular flexibility index (Phi) is 4.68. The van der Waals surface area contributed by atoms with E-state index in [9.17, 15) is 14.0 Å². The molecule has 5 heteroatoms. The summed E-state index contributed by atoms with van der Waals surface area (Å²) in [4.78, 5) is 29.0. The molecule has 4 rings (SSSR count). The summed E-state index contributed by atoms with van der Waals surface area (Å²) in [5.41, 5.74) is 3.91. The number of likely N-dealkylation sites (tertiary alicyclic amines) is 1. The molecule has 0 radical (unpaired) electrons. The van der Waals surface area contributed by atoms with Crippen molar-refractivity contribution < 1.29 is 14.0 Å². The molecule has 0 aliphatic carbocycles. The quantitative estimate of drug-likeness (QED) is 0.835. The number of hydrogen-bond acceptors (Lipinski definition) is 2. The van der Waals surface area contributed by atoms with Crippen LogP contribution in [0.25, 0.3) is 0 Å². The van der Waals surface area contributed by atoms with Gasteiger partial charge in [0.25, 0.3) is 0 Å². The number of fused-ring (bicyclic) bond motifs is 1. The Morgan fingerprint density at radius 2 is 1.96 bits per heavy atom. The predicted octanol–water partition coefficient (Wildman–Crippen LogP) is 3.46. The van der Waals surface area contributed by atoms with Crippen LogP contribution in [-0.4, -0.2) is 29.8 Å². The van der Waals surface area contributed by atoms with Gasteiger partial charge in [0.1, 0.15) is 5.82 Å². The van der Waals surface area contributed by atoms with E-state index in [0.29, 0.717) is 19.6 Å². The van der Waals surface area contributed by atoms with E-state index in [-0.39, 0.29) is 30.0 Å². The predicted molar refractivity (Wildman–Crippen MR) is 102 cm³/mol. The molecule has 1 saturated heterocycles. The Labute approximate surface area is 158 Å². The number of halogens is 1. The Balaban J connectivity index is 1.48. The van der Waals surface area contributed by atoms with Crippen LogP contribution in [0.15, 0.2) is 42.5 Å². The lowest BCUT2D eigenvalue weighted by Gasteiger charge is -2.31. The van der Waals surface area contributed by atoms with Crippen LogP contribution >= 0.6 is 0 Å². The number of carbonyl (C=O) groups is 2. The molecule has 27 heavy (non-hydrogen) atoms. The van der Waals surface area contributed by atoms with Gasteiger partial charge in [-0.1, -0.05) is 29.8 Å². The highest BCUT2D eigenvalue weighted by atomic mass is 19.1. The highest BCUT2D eigenvalue weighted by molar-refractivity contribution is 5.99. The summed E-state index contributed by atoms with van der Waals surface area (Å²) in [7, 11) is 0. The number of hydrogen-bond donors (Lipinski definition) is 0. The third-order valence-corrected chi connectivity index (χ3v) is 5.48. The summed E-state index contributed by atoms with van der Waals surface area (Å²) in [6.45, 7) is 3.63. The molecule has 1 fully saturated rings. The standard InChI is InChI=1S/C22H23FN2O2/c1-15-4-6-16(7-5-15)13-24-14-18(12-21(24)26)22(27)25-10-2-3-17-11-19(23)8-9-20(17)25/h4-9,11,18H,2-3,10,12-14H2,1H3. The minimum Gasteiger partial charge on any atom is -0.338 e. The molecule has 2 heterocycles. The Bertz CT molecular complexity index is 878. The second-order valence-corrected chi connectivity index (χ2v) is 7.53. The fourth-order valence-electron chi connectivity index (χ4n) is 4.02. The van der Waals surface area contributed by atoms with E-state index < -0.39 is 0 Å². The van der Waals surface area contributed by atoms with Crippen molar-refractivity contribution in [1.82, 2.24) is 4.90 Å². The Morgan fingerprint density at radius 1 is 1.19 bits per heavy atom. The molecule has 0 saturated carbocycles. The van der Waals surface area contributed by atoms with E-state index in [0.717, 1.165) is 29.7 Å². The maximum atomic E-state index is 13.5. The largest absolute Gasteiger partial charge is 0.338 e. The van der Waals surface area contributed by atoms with Crippen molar-refractivity contribution in [1.29, 1.82) is 0 Å². The second kappa shape index (κ2) is 7.14. The van der Waals surface area contributed by atoms with Gasteiger partial charge >= 0.3 is 0 Å². The topological polar surface area (TPSA) is 40.6 Å². The molecule has 0 aromatic heterocycles. The first-order valence-corrected chi connectivity index (χ1v) is 9.44. The highest BCUT2D eigenvalue weighted by Gasteiger charge is 2.37. The normalized spacial score (nSPS) is 19.3. The first-order chi connectivity index (χ1) is 13.0. The lowest BCUT2D eigenvalue weighted by Crippen LogP contribution is -2.40.